The zero-order chi connectivity index (χ0) is 70.4. The van der Waals surface area contributed by atoms with Crippen LogP contribution in [0.2, 0.25) is 21.1 Å². The van der Waals surface area contributed by atoms with Crippen LogP contribution in [0, 0.1) is 111 Å². The van der Waals surface area contributed by atoms with Gasteiger partial charge < -0.3 is 31.9 Å². The van der Waals surface area contributed by atoms with E-state index in [0.29, 0.717) is 23.8 Å². The first-order chi connectivity index (χ1) is 45.4. The average molecular weight is 1390 g/mol. The van der Waals surface area contributed by atoms with Crippen LogP contribution >= 0.6 is 46.4 Å². The van der Waals surface area contributed by atoms with Gasteiger partial charge in [-0.1, -0.05) is 31.7 Å². The molecular weight excluding hydrogens is 1300 g/mol. The summed E-state index contributed by atoms with van der Waals surface area (Å²) in [5, 5.41) is 24.7. The van der Waals surface area contributed by atoms with Crippen molar-refractivity contribution in [2.75, 3.05) is 46.0 Å². The Labute approximate surface area is 588 Å². The van der Waals surface area contributed by atoms with Crippen molar-refractivity contribution in [2.24, 2.45) is 14.1 Å². The van der Waals surface area contributed by atoms with Crippen molar-refractivity contribution in [1.82, 2.24) is 79.4 Å². The Morgan fingerprint density at radius 3 is 1.07 bits per heavy atom. The molecule has 508 valence electrons. The predicted octanol–water partition coefficient (Wildman–Crippen LogP) is 17.4. The fraction of sp³-hybridized carbons (Fsp3) is 0.296. The Kier molecular flexibility index (Phi) is 27.0. The molecule has 0 fully saturated rings. The van der Waals surface area contributed by atoms with Gasteiger partial charge in [0.1, 0.15) is 25.3 Å². The van der Waals surface area contributed by atoms with Gasteiger partial charge in [0.25, 0.3) is 0 Å². The van der Waals surface area contributed by atoms with E-state index in [1.165, 1.54) is 91.2 Å². The summed E-state index contributed by atoms with van der Waals surface area (Å²) in [5.41, 5.74) is 33.2. The highest BCUT2D eigenvalue weighted by Gasteiger charge is 2.17. The lowest BCUT2D eigenvalue weighted by Crippen LogP contribution is -2.15. The summed E-state index contributed by atoms with van der Waals surface area (Å²) in [5.74, 6) is 2.01. The molecule has 97 heavy (non-hydrogen) atoms. The summed E-state index contributed by atoms with van der Waals surface area (Å²) >= 11 is 22.0. The number of hydrogen-bond donors (Lipinski definition) is 5. The number of nitrogen functional groups attached to an aromatic ring is 1. The number of nitrogens with two attached hydrogens (primary N) is 1. The zero-order valence-corrected chi connectivity index (χ0v) is 61.0. The van der Waals surface area contributed by atoms with Crippen molar-refractivity contribution in [3.05, 3.63) is 209 Å². The van der Waals surface area contributed by atoms with Crippen molar-refractivity contribution < 1.29 is 0 Å². The molecule has 6 aromatic heterocycles. The van der Waals surface area contributed by atoms with Crippen molar-refractivity contribution in [2.45, 2.75) is 118 Å². The number of nitrogens with zero attached hydrogens (tertiary/aromatic N) is 17. The summed E-state index contributed by atoms with van der Waals surface area (Å²) in [4.78, 5) is 49.3. The van der Waals surface area contributed by atoms with Crippen LogP contribution in [0.15, 0.2) is 98.1 Å². The topological polar surface area (TPSA) is 268 Å². The zero-order valence-electron chi connectivity index (χ0n) is 57.9. The Morgan fingerprint density at radius 2 is 0.691 bits per heavy atom. The molecule has 22 nitrogen and oxygen atoms in total. The number of benzene rings is 6. The normalized spacial score (nSPS) is 10.4. The van der Waals surface area contributed by atoms with Crippen LogP contribution in [-0.4, -0.2) is 93.5 Å². The molecule has 0 unspecified atom stereocenters. The van der Waals surface area contributed by atoms with Gasteiger partial charge in [-0.25, -0.2) is 39.9 Å². The lowest BCUT2D eigenvalue weighted by Gasteiger charge is -2.20. The first-order valence-corrected chi connectivity index (χ1v) is 32.0. The number of aryl methyl sites for hydroxylation is 18. The van der Waals surface area contributed by atoms with Crippen LogP contribution in [0.1, 0.15) is 96.7 Å². The SMILES string of the molecule is C.CNc1cc2c(cc1C)c(C)nn2C.Cc1cc(C)c(N)cc1C.Cc1cc(C)c(Nc2ncnc(Cl)n2)cc1C.Cc1cc(C)c(Nc2ncnc(Cl)n2)cc1C.Cc1cc(C)c(Nc2ncnc(N(C)c3cc4c(cc3C)c(C)nn4C)n2)cc1C.Clc1ncnc(Cl)n1. The highest BCUT2D eigenvalue weighted by Crippen LogP contribution is 2.32. The highest BCUT2D eigenvalue weighted by molar-refractivity contribution is 6.31. The van der Waals surface area contributed by atoms with Crippen molar-refractivity contribution >= 4 is 126 Å². The Morgan fingerprint density at radius 1 is 0.361 bits per heavy atom. The minimum atomic E-state index is 0. The number of aromatic nitrogens is 16. The van der Waals surface area contributed by atoms with E-state index in [0.717, 1.165) is 73.0 Å². The maximum absolute atomic E-state index is 5.71. The third kappa shape index (κ3) is 20.6. The molecule has 0 bridgehead atoms. The second-order valence-corrected chi connectivity index (χ2v) is 24.6. The molecule has 26 heteroatoms. The smallest absolute Gasteiger partial charge is 0.234 e. The molecule has 0 spiro atoms. The Balaban J connectivity index is 0.000000194. The van der Waals surface area contributed by atoms with Gasteiger partial charge in [0.2, 0.25) is 44.9 Å². The minimum absolute atomic E-state index is 0. The van der Waals surface area contributed by atoms with Gasteiger partial charge in [0, 0.05) is 73.1 Å². The van der Waals surface area contributed by atoms with Crippen LogP contribution in [0.5, 0.6) is 0 Å². The van der Waals surface area contributed by atoms with Crippen LogP contribution in [0.3, 0.4) is 0 Å². The second-order valence-electron chi connectivity index (χ2n) is 23.3. The molecule has 12 rings (SSSR count). The van der Waals surface area contributed by atoms with Gasteiger partial charge >= 0.3 is 0 Å². The number of hydrogen-bond acceptors (Lipinski definition) is 20. The van der Waals surface area contributed by atoms with E-state index < -0.39 is 0 Å². The summed E-state index contributed by atoms with van der Waals surface area (Å²) in [7, 11) is 7.85. The molecule has 0 saturated carbocycles. The van der Waals surface area contributed by atoms with E-state index in [4.69, 9.17) is 52.1 Å². The summed E-state index contributed by atoms with van der Waals surface area (Å²) in [6.45, 7) is 33.2. The lowest BCUT2D eigenvalue weighted by atomic mass is 10.1. The van der Waals surface area contributed by atoms with E-state index >= 15 is 0 Å². The van der Waals surface area contributed by atoms with E-state index in [1.54, 1.807) is 6.33 Å². The number of halogens is 4. The van der Waals surface area contributed by atoms with Crippen molar-refractivity contribution in [3.63, 3.8) is 0 Å². The van der Waals surface area contributed by atoms with Crippen LogP contribution in [-0.2, 0) is 14.1 Å². The average Bonchev–Trinajstić information content (AvgIpc) is 1.68. The van der Waals surface area contributed by atoms with Crippen LogP contribution in [0.4, 0.5) is 57.9 Å². The van der Waals surface area contributed by atoms with Gasteiger partial charge in [-0.05, 0) is 284 Å². The molecule has 0 aliphatic heterocycles. The van der Waals surface area contributed by atoms with E-state index in [1.807, 2.05) is 83.1 Å². The van der Waals surface area contributed by atoms with Gasteiger partial charge in [0.15, 0.2) is 0 Å². The standard InChI is InChI=1S/C23H27N7.2C12H13ClN4.C11H15N3.C9H13N.C3HCl2N3.CH4/c1-13-8-15(3)19(10-14(13)2)26-22-24-12-25-23(27-22)29(6)20-11-21-18(9-16(20)4)17(5)28-30(21)7;2*1-7-4-9(3)10(5-8(7)2)16-12-15-6-14-11(13)17-12;1-7-5-9-8(2)13-14(4)11(9)6-10(7)12-3;1-6-4-8(3)9(10)5-7(6)2;4-2-6-1-7-3(5)8-2;/h8-12H,1-7H3,(H,24,25,26,27);2*4-6H,1-3H3,(H,14,15,16,17);5-6,12H,1-4H3;4-5H,10H2,1-3H3;1H;1H4. The Bertz CT molecular complexity index is 4550. The molecule has 0 aliphatic carbocycles. The lowest BCUT2D eigenvalue weighted by molar-refractivity contribution is 0.783. The van der Waals surface area contributed by atoms with Gasteiger partial charge in [-0.15, -0.1) is 0 Å². The summed E-state index contributed by atoms with van der Waals surface area (Å²) in [6, 6.07) is 25.5. The van der Waals surface area contributed by atoms with Crippen molar-refractivity contribution in [1.29, 1.82) is 0 Å². The monoisotopic (exact) mass is 1390 g/mol. The molecule has 0 aliphatic rings. The predicted molar refractivity (Wildman–Crippen MR) is 401 cm³/mol. The molecule has 0 saturated heterocycles. The van der Waals surface area contributed by atoms with Crippen molar-refractivity contribution in [3.8, 4) is 0 Å². The highest BCUT2D eigenvalue weighted by atomic mass is 35.5. The largest absolute Gasteiger partial charge is 0.399 e. The molecule has 6 heterocycles. The third-order valence-corrected chi connectivity index (χ3v) is 16.7. The molecule has 12 aromatic rings. The quantitative estimate of drug-likeness (QED) is 0.0841. The Hall–Kier alpha value is -9.74. The van der Waals surface area contributed by atoms with Crippen LogP contribution < -0.4 is 31.9 Å². The van der Waals surface area contributed by atoms with Gasteiger partial charge in [-0.2, -0.15) is 30.1 Å². The number of anilines is 10. The molecule has 0 radical (unpaired) electrons. The van der Waals surface area contributed by atoms with E-state index in [-0.39, 0.29) is 28.6 Å². The third-order valence-electron chi connectivity index (χ3n) is 16.0. The van der Waals surface area contributed by atoms with E-state index in [2.05, 4.69) is 234 Å². The summed E-state index contributed by atoms with van der Waals surface area (Å²) in [6.07, 6.45) is 5.55. The first-order valence-electron chi connectivity index (χ1n) is 30.4. The number of fused-ring (bicyclic) bond motifs is 2. The van der Waals surface area contributed by atoms with Gasteiger partial charge in [-0.3, -0.25) is 9.36 Å². The second kappa shape index (κ2) is 34.3. The minimum Gasteiger partial charge on any atom is -0.399 e. The summed E-state index contributed by atoms with van der Waals surface area (Å²) < 4.78 is 3.83. The van der Waals surface area contributed by atoms with Crippen LogP contribution in [0.25, 0.3) is 21.8 Å². The maximum atomic E-state index is 5.71. The fourth-order valence-corrected chi connectivity index (χ4v) is 10.5. The molecule has 6 N–H and O–H groups in total. The molecular formula is C71H86Cl4N22. The number of rotatable bonds is 9. The molecule has 0 amide bonds. The van der Waals surface area contributed by atoms with E-state index in [9.17, 15) is 0 Å². The fourth-order valence-electron chi connectivity index (χ4n) is 9.97. The van der Waals surface area contributed by atoms with Gasteiger partial charge in [0.05, 0.1) is 22.4 Å². The molecule has 0 atom stereocenters. The first kappa shape index (κ1) is 76.3. The number of nitrogens with one attached hydrogen (secondary N) is 4. The molecule has 6 aromatic carbocycles. The maximum Gasteiger partial charge on any atom is 0.234 e.